The van der Waals surface area contributed by atoms with Crippen LogP contribution in [-0.4, -0.2) is 31.0 Å². The zero-order valence-electron chi connectivity index (χ0n) is 13.2. The van der Waals surface area contributed by atoms with Gasteiger partial charge in [0.05, 0.1) is 10.2 Å². The molecule has 3 aromatic rings. The van der Waals surface area contributed by atoms with E-state index in [2.05, 4.69) is 4.98 Å². The van der Waals surface area contributed by atoms with Crippen LogP contribution in [0.3, 0.4) is 0 Å². The summed E-state index contributed by atoms with van der Waals surface area (Å²) in [5.74, 6) is -3.23. The molecule has 0 unspecified atom stereocenters. The van der Waals surface area contributed by atoms with Crippen molar-refractivity contribution >= 4 is 48.5 Å². The van der Waals surface area contributed by atoms with E-state index < -0.39 is 45.7 Å². The molecule has 27 heavy (non-hydrogen) atoms. The highest BCUT2D eigenvalue weighted by Gasteiger charge is 2.38. The van der Waals surface area contributed by atoms with Gasteiger partial charge in [-0.1, -0.05) is 11.3 Å². The van der Waals surface area contributed by atoms with E-state index in [1.165, 1.54) is 12.1 Å². The molecule has 1 aromatic heterocycles. The highest BCUT2D eigenvalue weighted by atomic mass is 32.2. The zero-order valence-corrected chi connectivity index (χ0v) is 14.9. The standard InChI is InChI=1S/C15H10F2N4O4S2/c16-8-3-1-7(12-14(8)26-15(18)19-12)6-2-4-9(22)13(11(6)17)21-5-10(23)20-27(21,24)25/h1-4,22H,5H2,(H2,18,19)(H,20,23). The lowest BCUT2D eigenvalue weighted by Crippen LogP contribution is -2.30. The van der Waals surface area contributed by atoms with Gasteiger partial charge in [0, 0.05) is 11.1 Å². The Morgan fingerprint density at radius 3 is 2.59 bits per heavy atom. The third-order valence-electron chi connectivity index (χ3n) is 3.97. The number of nitrogen functional groups attached to an aromatic ring is 1. The van der Waals surface area contributed by atoms with E-state index in [0.717, 1.165) is 23.5 Å². The number of aromatic nitrogens is 1. The minimum absolute atomic E-state index is 0.0766. The maximum Gasteiger partial charge on any atom is 0.326 e. The Morgan fingerprint density at radius 1 is 1.22 bits per heavy atom. The number of thiazole rings is 1. The Morgan fingerprint density at radius 2 is 1.93 bits per heavy atom. The summed E-state index contributed by atoms with van der Waals surface area (Å²) in [5.41, 5.74) is 5.07. The maximum absolute atomic E-state index is 15.2. The molecule has 1 amide bonds. The number of aromatic hydroxyl groups is 1. The third-order valence-corrected chi connectivity index (χ3v) is 6.24. The topological polar surface area (TPSA) is 126 Å². The third kappa shape index (κ3) is 2.64. The Hall–Kier alpha value is -2.99. The number of hydrogen-bond acceptors (Lipinski definition) is 7. The number of fused-ring (bicyclic) bond motifs is 1. The summed E-state index contributed by atoms with van der Waals surface area (Å²) < 4.78 is 55.5. The second-order valence-electron chi connectivity index (χ2n) is 5.66. The molecule has 0 atom stereocenters. The van der Waals surface area contributed by atoms with Crippen LogP contribution >= 0.6 is 11.3 Å². The van der Waals surface area contributed by atoms with Crippen LogP contribution in [0, 0.1) is 11.6 Å². The molecule has 0 saturated carbocycles. The Balaban J connectivity index is 1.98. The van der Waals surface area contributed by atoms with E-state index in [4.69, 9.17) is 5.73 Å². The van der Waals surface area contributed by atoms with Crippen LogP contribution in [0.5, 0.6) is 5.75 Å². The number of nitrogens with two attached hydrogens (primary N) is 1. The van der Waals surface area contributed by atoms with Crippen molar-refractivity contribution in [1.29, 1.82) is 0 Å². The number of nitrogens with zero attached hydrogens (tertiary/aromatic N) is 2. The fourth-order valence-corrected chi connectivity index (χ4v) is 4.78. The number of nitrogens with one attached hydrogen (secondary N) is 1. The molecule has 2 heterocycles. The van der Waals surface area contributed by atoms with E-state index in [1.54, 1.807) is 4.72 Å². The Labute approximate surface area is 155 Å². The van der Waals surface area contributed by atoms with Crippen LogP contribution in [0.15, 0.2) is 24.3 Å². The van der Waals surface area contributed by atoms with Crippen LogP contribution < -0.4 is 14.8 Å². The van der Waals surface area contributed by atoms with Gasteiger partial charge < -0.3 is 10.8 Å². The smallest absolute Gasteiger partial charge is 0.326 e. The lowest BCUT2D eigenvalue weighted by Gasteiger charge is -2.18. The van der Waals surface area contributed by atoms with Gasteiger partial charge in [0.15, 0.2) is 10.9 Å². The number of amides is 1. The number of benzene rings is 2. The molecule has 8 nitrogen and oxygen atoms in total. The molecule has 4 N–H and O–H groups in total. The molecule has 0 bridgehead atoms. The lowest BCUT2D eigenvalue weighted by atomic mass is 10.0. The second kappa shape index (κ2) is 5.76. The van der Waals surface area contributed by atoms with E-state index in [9.17, 15) is 22.7 Å². The summed E-state index contributed by atoms with van der Waals surface area (Å²) in [6.45, 7) is -0.682. The van der Waals surface area contributed by atoms with E-state index in [-0.39, 0.29) is 26.5 Å². The average Bonchev–Trinajstić information content (AvgIpc) is 3.08. The van der Waals surface area contributed by atoms with E-state index >= 15 is 4.39 Å². The highest BCUT2D eigenvalue weighted by molar-refractivity contribution is 7.92. The lowest BCUT2D eigenvalue weighted by molar-refractivity contribution is -0.117. The first-order valence-corrected chi connectivity index (χ1v) is 9.64. The Kier molecular flexibility index (Phi) is 3.71. The van der Waals surface area contributed by atoms with Crippen molar-refractivity contribution in [1.82, 2.24) is 9.71 Å². The van der Waals surface area contributed by atoms with Crippen molar-refractivity contribution in [2.45, 2.75) is 0 Å². The van der Waals surface area contributed by atoms with E-state index in [1.807, 2.05) is 0 Å². The molecule has 2 aromatic carbocycles. The summed E-state index contributed by atoms with van der Waals surface area (Å²) in [6, 6.07) is 4.67. The molecule has 0 spiro atoms. The summed E-state index contributed by atoms with van der Waals surface area (Å²) >= 11 is 0.885. The van der Waals surface area contributed by atoms with Gasteiger partial charge in [0.2, 0.25) is 0 Å². The SMILES string of the molecule is Nc1nc2c(-c3ccc(O)c(N4CC(=O)NS4(=O)=O)c3F)ccc(F)c2s1. The van der Waals surface area contributed by atoms with Crippen molar-refractivity contribution < 1.29 is 27.1 Å². The number of carbonyl (C=O) groups excluding carboxylic acids is 1. The monoisotopic (exact) mass is 412 g/mol. The number of anilines is 2. The second-order valence-corrected chi connectivity index (χ2v) is 8.28. The average molecular weight is 412 g/mol. The predicted molar refractivity (Wildman–Crippen MR) is 95.5 cm³/mol. The fourth-order valence-electron chi connectivity index (χ4n) is 2.86. The van der Waals surface area contributed by atoms with Crippen LogP contribution in [0.25, 0.3) is 21.3 Å². The number of phenols is 1. The molecule has 0 aliphatic carbocycles. The molecule has 140 valence electrons. The molecule has 1 saturated heterocycles. The van der Waals surface area contributed by atoms with Crippen LogP contribution in [0.1, 0.15) is 0 Å². The number of phenolic OH excluding ortho intramolecular Hbond substituents is 1. The first-order chi connectivity index (χ1) is 12.7. The van der Waals surface area contributed by atoms with E-state index in [0.29, 0.717) is 4.31 Å². The minimum Gasteiger partial charge on any atom is -0.506 e. The molecule has 1 aliphatic heterocycles. The first kappa shape index (κ1) is 17.4. The van der Waals surface area contributed by atoms with Gasteiger partial charge in [-0.25, -0.2) is 22.8 Å². The quantitative estimate of drug-likeness (QED) is 0.588. The fraction of sp³-hybridized carbons (Fsp3) is 0.0667. The van der Waals surface area contributed by atoms with Crippen LogP contribution in [0.4, 0.5) is 19.6 Å². The normalized spacial score (nSPS) is 16.1. The maximum atomic E-state index is 15.2. The van der Waals surface area contributed by atoms with Gasteiger partial charge in [0.1, 0.15) is 23.8 Å². The number of hydrogen-bond donors (Lipinski definition) is 3. The van der Waals surface area contributed by atoms with Crippen molar-refractivity contribution in [3.8, 4) is 16.9 Å². The summed E-state index contributed by atoms with van der Waals surface area (Å²) in [5, 5.41) is 10.1. The molecule has 1 fully saturated rings. The highest BCUT2D eigenvalue weighted by Crippen LogP contribution is 2.41. The zero-order chi connectivity index (χ0) is 19.5. The molecule has 0 radical (unpaired) electrons. The van der Waals surface area contributed by atoms with Crippen molar-refractivity contribution in [2.24, 2.45) is 0 Å². The Bertz CT molecular complexity index is 1230. The predicted octanol–water partition coefficient (Wildman–Crippen LogP) is 1.71. The minimum atomic E-state index is -4.34. The van der Waals surface area contributed by atoms with Gasteiger partial charge in [-0.2, -0.15) is 8.42 Å². The molecular formula is C15H10F2N4O4S2. The summed E-state index contributed by atoms with van der Waals surface area (Å²) in [7, 11) is -4.34. The first-order valence-electron chi connectivity index (χ1n) is 7.38. The van der Waals surface area contributed by atoms with Crippen molar-refractivity contribution in [2.75, 3.05) is 16.6 Å². The van der Waals surface area contributed by atoms with Gasteiger partial charge >= 0.3 is 10.2 Å². The van der Waals surface area contributed by atoms with Crippen molar-refractivity contribution in [3.63, 3.8) is 0 Å². The van der Waals surface area contributed by atoms with Crippen LogP contribution in [0.2, 0.25) is 0 Å². The molecule has 12 heteroatoms. The van der Waals surface area contributed by atoms with Gasteiger partial charge in [-0.3, -0.25) is 4.79 Å². The number of rotatable bonds is 2. The molecular weight excluding hydrogens is 402 g/mol. The van der Waals surface area contributed by atoms with Crippen LogP contribution in [-0.2, 0) is 15.0 Å². The van der Waals surface area contributed by atoms with Gasteiger partial charge in [-0.15, -0.1) is 0 Å². The summed E-state index contributed by atoms with van der Waals surface area (Å²) in [6.07, 6.45) is 0. The van der Waals surface area contributed by atoms with Gasteiger partial charge in [0.25, 0.3) is 5.91 Å². The number of carbonyl (C=O) groups is 1. The summed E-state index contributed by atoms with van der Waals surface area (Å²) in [4.78, 5) is 15.4. The van der Waals surface area contributed by atoms with Crippen molar-refractivity contribution in [3.05, 3.63) is 35.9 Å². The van der Waals surface area contributed by atoms with Gasteiger partial charge in [-0.05, 0) is 24.3 Å². The molecule has 1 aliphatic rings. The largest absolute Gasteiger partial charge is 0.506 e. The number of halogens is 2. The molecule has 4 rings (SSSR count).